The second-order valence-electron chi connectivity index (χ2n) is 8.78. The van der Waals surface area contributed by atoms with E-state index in [0.29, 0.717) is 12.0 Å². The molecular weight excluding hydrogens is 428 g/mol. The summed E-state index contributed by atoms with van der Waals surface area (Å²) in [5, 5.41) is 3.01. The maximum absolute atomic E-state index is 12.9. The molecule has 1 heterocycles. The molecule has 0 saturated heterocycles. The summed E-state index contributed by atoms with van der Waals surface area (Å²) < 4.78 is 0. The molecule has 3 aromatic carbocycles. The van der Waals surface area contributed by atoms with Crippen molar-refractivity contribution in [3.63, 3.8) is 0 Å². The highest BCUT2D eigenvalue weighted by molar-refractivity contribution is 7.99. The Kier molecular flexibility index (Phi) is 6.89. The van der Waals surface area contributed by atoms with Gasteiger partial charge in [-0.15, -0.1) is 0 Å². The van der Waals surface area contributed by atoms with Crippen molar-refractivity contribution in [3.05, 3.63) is 82.4 Å². The van der Waals surface area contributed by atoms with Gasteiger partial charge in [0.1, 0.15) is 0 Å². The average Bonchev–Trinajstić information content (AvgIpc) is 2.87. The van der Waals surface area contributed by atoms with Crippen molar-refractivity contribution in [1.29, 1.82) is 0 Å². The van der Waals surface area contributed by atoms with Gasteiger partial charge in [-0.3, -0.25) is 9.59 Å². The molecule has 0 atom stereocenters. The number of aryl methyl sites for hydroxylation is 3. The minimum Gasteiger partial charge on any atom is -0.326 e. The van der Waals surface area contributed by atoms with Gasteiger partial charge in [-0.2, -0.15) is 0 Å². The van der Waals surface area contributed by atoms with Crippen LogP contribution in [-0.2, 0) is 11.2 Å². The molecule has 1 N–H and O–H groups in total. The van der Waals surface area contributed by atoms with Crippen LogP contribution in [0.5, 0.6) is 0 Å². The fraction of sp³-hybridized carbons (Fsp3) is 0.286. The second kappa shape index (κ2) is 9.84. The molecule has 0 aromatic heterocycles. The Morgan fingerprint density at radius 3 is 2.42 bits per heavy atom. The lowest BCUT2D eigenvalue weighted by molar-refractivity contribution is -0.116. The van der Waals surface area contributed by atoms with Gasteiger partial charge in [0.15, 0.2) is 0 Å². The summed E-state index contributed by atoms with van der Waals surface area (Å²) in [6.07, 6.45) is 3.30. The molecule has 0 bridgehead atoms. The Labute approximate surface area is 200 Å². The molecule has 0 radical (unpaired) electrons. The molecule has 33 heavy (non-hydrogen) atoms. The van der Waals surface area contributed by atoms with Crippen LogP contribution in [-0.4, -0.2) is 18.9 Å². The van der Waals surface area contributed by atoms with Crippen LogP contribution in [0, 0.1) is 20.8 Å². The number of hydrogen-bond acceptors (Lipinski definition) is 3. The fourth-order valence-electron chi connectivity index (χ4n) is 4.50. The number of amides is 2. The number of nitrogens with zero attached hydrogens (tertiary/aromatic N) is 1. The number of nitrogens with one attached hydrogen (secondary N) is 1. The lowest BCUT2D eigenvalue weighted by Crippen LogP contribution is -2.26. The number of unbranched alkanes of at least 4 members (excludes halogenated alkanes) is 1. The van der Waals surface area contributed by atoms with Gasteiger partial charge in [0.05, 0.1) is 11.3 Å². The van der Waals surface area contributed by atoms with Crippen molar-refractivity contribution >= 4 is 35.0 Å². The van der Waals surface area contributed by atoms with Crippen molar-refractivity contribution in [2.75, 3.05) is 17.3 Å². The topological polar surface area (TPSA) is 49.4 Å². The summed E-state index contributed by atoms with van der Waals surface area (Å²) in [6, 6.07) is 17.9. The van der Waals surface area contributed by atoms with Gasteiger partial charge >= 0.3 is 0 Å². The monoisotopic (exact) mass is 458 g/mol. The third-order valence-corrected chi connectivity index (χ3v) is 7.31. The Morgan fingerprint density at radius 2 is 1.67 bits per heavy atom. The SMILES string of the molecule is Cc1cc(C)c(CCCCC(=O)Nc2ccc3c(c2)N(C)C(=O)c2ccccc2S3)c(C)c1. The van der Waals surface area contributed by atoms with Crippen LogP contribution in [0.1, 0.15) is 51.9 Å². The first-order valence-electron chi connectivity index (χ1n) is 11.4. The molecule has 0 aliphatic carbocycles. The number of anilines is 2. The third-order valence-electron chi connectivity index (χ3n) is 6.17. The summed E-state index contributed by atoms with van der Waals surface area (Å²) in [4.78, 5) is 29.1. The Hall–Kier alpha value is -3.05. The number of carbonyl (C=O) groups excluding carboxylic acids is 2. The van der Waals surface area contributed by atoms with Crippen LogP contribution in [0.2, 0.25) is 0 Å². The van der Waals surface area contributed by atoms with Gasteiger partial charge < -0.3 is 10.2 Å². The molecule has 5 heteroatoms. The molecule has 0 spiro atoms. The summed E-state index contributed by atoms with van der Waals surface area (Å²) in [7, 11) is 1.78. The smallest absolute Gasteiger partial charge is 0.259 e. The molecule has 0 fully saturated rings. The second-order valence-corrected chi connectivity index (χ2v) is 9.86. The highest BCUT2D eigenvalue weighted by Crippen LogP contribution is 2.41. The minimum atomic E-state index is -0.0398. The van der Waals surface area contributed by atoms with Gasteiger partial charge in [0.2, 0.25) is 5.91 Å². The summed E-state index contributed by atoms with van der Waals surface area (Å²) in [5.74, 6) is -0.0344. The van der Waals surface area contributed by atoms with Crippen LogP contribution >= 0.6 is 11.8 Å². The van der Waals surface area contributed by atoms with Crippen LogP contribution in [0.3, 0.4) is 0 Å². The van der Waals surface area contributed by atoms with E-state index in [-0.39, 0.29) is 11.8 Å². The van der Waals surface area contributed by atoms with E-state index in [1.165, 1.54) is 22.3 Å². The minimum absolute atomic E-state index is 0.00541. The van der Waals surface area contributed by atoms with Crippen molar-refractivity contribution in [2.45, 2.75) is 56.2 Å². The number of carbonyl (C=O) groups is 2. The zero-order valence-corrected chi connectivity index (χ0v) is 20.5. The molecule has 1 aliphatic rings. The Bertz CT molecular complexity index is 1200. The maximum Gasteiger partial charge on any atom is 0.259 e. The van der Waals surface area contributed by atoms with Crippen molar-refractivity contribution in [2.24, 2.45) is 0 Å². The molecule has 0 saturated carbocycles. The predicted octanol–water partition coefficient (Wildman–Crippen LogP) is 6.70. The predicted molar refractivity (Wildman–Crippen MR) is 137 cm³/mol. The third kappa shape index (κ3) is 5.14. The van der Waals surface area contributed by atoms with Crippen LogP contribution < -0.4 is 10.2 Å². The number of benzene rings is 3. The highest BCUT2D eigenvalue weighted by Gasteiger charge is 2.24. The van der Waals surface area contributed by atoms with Gasteiger partial charge in [-0.05, 0) is 87.1 Å². The normalized spacial score (nSPS) is 12.7. The Balaban J connectivity index is 1.37. The molecule has 0 unspecified atom stereocenters. The number of fused-ring (bicyclic) bond motifs is 2. The van der Waals surface area contributed by atoms with Gasteiger partial charge in [0, 0.05) is 28.9 Å². The van der Waals surface area contributed by atoms with E-state index in [9.17, 15) is 9.59 Å². The van der Waals surface area contributed by atoms with Gasteiger partial charge in [-0.25, -0.2) is 0 Å². The first kappa shape index (κ1) is 23.1. The van der Waals surface area contributed by atoms with Crippen LogP contribution in [0.25, 0.3) is 0 Å². The lowest BCUT2D eigenvalue weighted by atomic mass is 9.95. The largest absolute Gasteiger partial charge is 0.326 e. The van der Waals surface area contributed by atoms with E-state index < -0.39 is 0 Å². The zero-order chi connectivity index (χ0) is 23.5. The molecule has 1 aliphatic heterocycles. The van der Waals surface area contributed by atoms with E-state index in [2.05, 4.69) is 38.2 Å². The van der Waals surface area contributed by atoms with Gasteiger partial charge in [0.25, 0.3) is 5.91 Å². The molecule has 170 valence electrons. The van der Waals surface area contributed by atoms with E-state index >= 15 is 0 Å². The zero-order valence-electron chi connectivity index (χ0n) is 19.7. The van der Waals surface area contributed by atoms with E-state index in [1.807, 2.05) is 42.5 Å². The summed E-state index contributed by atoms with van der Waals surface area (Å²) in [5.41, 5.74) is 7.59. The maximum atomic E-state index is 12.9. The van der Waals surface area contributed by atoms with Crippen molar-refractivity contribution in [3.8, 4) is 0 Å². The summed E-state index contributed by atoms with van der Waals surface area (Å²) in [6.45, 7) is 6.46. The van der Waals surface area contributed by atoms with E-state index in [0.717, 1.165) is 40.4 Å². The molecule has 4 nitrogen and oxygen atoms in total. The van der Waals surface area contributed by atoms with Gasteiger partial charge in [-0.1, -0.05) is 41.6 Å². The fourth-order valence-corrected chi connectivity index (χ4v) is 5.58. The molecule has 2 amide bonds. The van der Waals surface area contributed by atoms with E-state index in [4.69, 9.17) is 0 Å². The molecule has 4 rings (SSSR count). The quantitative estimate of drug-likeness (QED) is 0.418. The first-order chi connectivity index (χ1) is 15.8. The standard InChI is InChI=1S/C28H30N2O2S/c1-18-15-19(2)22(20(3)16-18)9-6-8-12-27(31)29-21-13-14-26-24(17-21)30(4)28(32)23-10-5-7-11-25(23)33-26/h5,7,10-11,13-17H,6,8-9,12H2,1-4H3,(H,29,31). The molecular formula is C28H30N2O2S. The van der Waals surface area contributed by atoms with Crippen molar-refractivity contribution in [1.82, 2.24) is 0 Å². The first-order valence-corrected chi connectivity index (χ1v) is 12.2. The number of rotatable bonds is 6. The Morgan fingerprint density at radius 1 is 0.939 bits per heavy atom. The average molecular weight is 459 g/mol. The molecule has 3 aromatic rings. The van der Waals surface area contributed by atoms with Crippen molar-refractivity contribution < 1.29 is 9.59 Å². The van der Waals surface area contributed by atoms with Crippen LogP contribution in [0.15, 0.2) is 64.4 Å². The van der Waals surface area contributed by atoms with Crippen LogP contribution in [0.4, 0.5) is 11.4 Å². The highest BCUT2D eigenvalue weighted by atomic mass is 32.2. The van der Waals surface area contributed by atoms with E-state index in [1.54, 1.807) is 23.7 Å². The number of hydrogen-bond donors (Lipinski definition) is 1. The lowest BCUT2D eigenvalue weighted by Gasteiger charge is -2.18. The summed E-state index contributed by atoms with van der Waals surface area (Å²) >= 11 is 1.58.